The number of nitrogens with zero attached hydrogens (tertiary/aromatic N) is 6. The predicted octanol–water partition coefficient (Wildman–Crippen LogP) is 2.14. The maximum absolute atomic E-state index is 13.7. The van der Waals surface area contributed by atoms with Crippen LogP contribution < -0.4 is 0 Å². The maximum Gasteiger partial charge on any atom is 0.273 e. The molecule has 2 fully saturated rings. The van der Waals surface area contributed by atoms with Crippen LogP contribution in [0, 0.1) is 0 Å². The van der Waals surface area contributed by atoms with E-state index in [1.165, 1.54) is 6.33 Å². The van der Waals surface area contributed by atoms with Crippen LogP contribution >= 0.6 is 0 Å². The Morgan fingerprint density at radius 1 is 1.28 bits per heavy atom. The van der Waals surface area contributed by atoms with Crippen molar-refractivity contribution in [2.24, 2.45) is 0 Å². The lowest BCUT2D eigenvalue weighted by Crippen LogP contribution is -2.49. The minimum absolute atomic E-state index is 0.0222. The molecular weight excluding hydrogens is 368 g/mol. The van der Waals surface area contributed by atoms with Gasteiger partial charge in [-0.2, -0.15) is 10.1 Å². The smallest absolute Gasteiger partial charge is 0.273 e. The van der Waals surface area contributed by atoms with Crippen molar-refractivity contribution >= 4 is 11.7 Å². The molecule has 0 radical (unpaired) electrons. The van der Waals surface area contributed by atoms with Crippen LogP contribution in [0.25, 0.3) is 5.78 Å². The van der Waals surface area contributed by atoms with E-state index in [4.69, 9.17) is 4.74 Å². The minimum atomic E-state index is -0.184. The summed E-state index contributed by atoms with van der Waals surface area (Å²) in [7, 11) is 2.14. The van der Waals surface area contributed by atoms with Crippen molar-refractivity contribution in [2.75, 3.05) is 33.3 Å². The third kappa shape index (κ3) is 4.28. The molecule has 8 nitrogen and oxygen atoms in total. The molecule has 0 aromatic carbocycles. The third-order valence-electron chi connectivity index (χ3n) is 6.05. The van der Waals surface area contributed by atoms with Crippen molar-refractivity contribution in [2.45, 2.75) is 64.0 Å². The number of hydrogen-bond donors (Lipinski definition) is 0. The largest absolute Gasteiger partial charge is 0.376 e. The molecule has 1 amide bonds. The van der Waals surface area contributed by atoms with Gasteiger partial charge in [0.25, 0.3) is 11.7 Å². The van der Waals surface area contributed by atoms with Crippen LogP contribution in [-0.4, -0.2) is 80.7 Å². The van der Waals surface area contributed by atoms with Gasteiger partial charge in [0.05, 0.1) is 11.8 Å². The van der Waals surface area contributed by atoms with Crippen LogP contribution in [0.1, 0.15) is 62.6 Å². The average molecular weight is 401 g/mol. The molecule has 0 bridgehead atoms. The minimum Gasteiger partial charge on any atom is -0.376 e. The summed E-state index contributed by atoms with van der Waals surface area (Å²) < 4.78 is 7.60. The van der Waals surface area contributed by atoms with Crippen LogP contribution in [-0.2, 0) is 10.2 Å². The maximum atomic E-state index is 13.7. The van der Waals surface area contributed by atoms with Crippen LogP contribution in [0.2, 0.25) is 0 Å². The molecule has 2 aliphatic heterocycles. The molecule has 1 atom stereocenters. The van der Waals surface area contributed by atoms with E-state index in [1.807, 2.05) is 11.0 Å². The van der Waals surface area contributed by atoms with Crippen molar-refractivity contribution < 1.29 is 9.53 Å². The quantitative estimate of drug-likeness (QED) is 0.783. The molecule has 2 aliphatic rings. The number of ether oxygens (including phenoxy) is 1. The molecule has 158 valence electrons. The number of rotatable bonds is 4. The van der Waals surface area contributed by atoms with E-state index in [2.05, 4.69) is 47.8 Å². The van der Waals surface area contributed by atoms with E-state index >= 15 is 0 Å². The summed E-state index contributed by atoms with van der Waals surface area (Å²) in [5.41, 5.74) is 1.20. The van der Waals surface area contributed by atoms with Crippen LogP contribution in [0.15, 0.2) is 12.4 Å². The molecule has 4 heterocycles. The Morgan fingerprint density at radius 3 is 2.69 bits per heavy atom. The van der Waals surface area contributed by atoms with E-state index < -0.39 is 0 Å². The number of fused-ring (bicyclic) bond motifs is 1. The molecule has 0 spiro atoms. The summed E-state index contributed by atoms with van der Waals surface area (Å²) in [6.07, 6.45) is 5.66. The first-order valence-electron chi connectivity index (χ1n) is 10.7. The summed E-state index contributed by atoms with van der Waals surface area (Å²) in [4.78, 5) is 26.9. The molecule has 8 heteroatoms. The van der Waals surface area contributed by atoms with Gasteiger partial charge in [-0.05, 0) is 51.9 Å². The first kappa shape index (κ1) is 20.2. The standard InChI is InChI=1S/C21H32N6O2/c1-21(2,3)18-12-17(24-20-22-14-23-27(18)20)19(28)26(13-16-6-5-11-29-16)15-7-9-25(4)10-8-15/h12,14-16H,5-11,13H2,1-4H3. The number of hydrogen-bond acceptors (Lipinski definition) is 6. The summed E-state index contributed by atoms with van der Waals surface area (Å²) in [5.74, 6) is 0.451. The van der Waals surface area contributed by atoms with Crippen LogP contribution in [0.4, 0.5) is 0 Å². The zero-order valence-electron chi connectivity index (χ0n) is 18.0. The lowest BCUT2D eigenvalue weighted by Gasteiger charge is -2.38. The van der Waals surface area contributed by atoms with Gasteiger partial charge in [-0.1, -0.05) is 20.8 Å². The number of piperidine rings is 1. The molecule has 0 aliphatic carbocycles. The SMILES string of the molecule is CN1CCC(N(CC2CCCO2)C(=O)c2cc(C(C)(C)C)n3ncnc3n2)CC1. The molecule has 0 N–H and O–H groups in total. The molecule has 2 saturated heterocycles. The van der Waals surface area contributed by atoms with Gasteiger partial charge >= 0.3 is 0 Å². The van der Waals surface area contributed by atoms with Gasteiger partial charge in [-0.3, -0.25) is 4.79 Å². The molecule has 1 unspecified atom stereocenters. The van der Waals surface area contributed by atoms with Gasteiger partial charge in [0.15, 0.2) is 0 Å². The second-order valence-electron chi connectivity index (χ2n) is 9.38. The Labute approximate surface area is 172 Å². The van der Waals surface area contributed by atoms with Crippen LogP contribution in [0.3, 0.4) is 0 Å². The first-order valence-corrected chi connectivity index (χ1v) is 10.7. The number of likely N-dealkylation sites (tertiary alicyclic amines) is 1. The molecule has 0 saturated carbocycles. The Kier molecular flexibility index (Phi) is 5.57. The molecule has 4 rings (SSSR count). The summed E-state index contributed by atoms with van der Waals surface area (Å²) in [5, 5.41) is 4.30. The zero-order chi connectivity index (χ0) is 20.6. The molecule has 2 aromatic heterocycles. The summed E-state index contributed by atoms with van der Waals surface area (Å²) in [6, 6.07) is 2.11. The lowest BCUT2D eigenvalue weighted by molar-refractivity contribution is 0.0316. The van der Waals surface area contributed by atoms with Gasteiger partial charge < -0.3 is 14.5 Å². The highest BCUT2D eigenvalue weighted by molar-refractivity contribution is 5.93. The third-order valence-corrected chi connectivity index (χ3v) is 6.05. The second kappa shape index (κ2) is 7.99. The Bertz CT molecular complexity index is 860. The topological polar surface area (TPSA) is 75.9 Å². The van der Waals surface area contributed by atoms with Crippen LogP contribution in [0.5, 0.6) is 0 Å². The highest BCUT2D eigenvalue weighted by Gasteiger charge is 2.33. The van der Waals surface area contributed by atoms with Crippen molar-refractivity contribution in [1.82, 2.24) is 29.4 Å². The first-order chi connectivity index (χ1) is 13.8. The molecule has 2 aromatic rings. The lowest BCUT2D eigenvalue weighted by atomic mass is 9.91. The van der Waals surface area contributed by atoms with Crippen molar-refractivity contribution in [3.05, 3.63) is 23.8 Å². The Morgan fingerprint density at radius 2 is 2.03 bits per heavy atom. The fourth-order valence-electron chi connectivity index (χ4n) is 4.32. The number of aromatic nitrogens is 4. The highest BCUT2D eigenvalue weighted by Crippen LogP contribution is 2.25. The van der Waals surface area contributed by atoms with E-state index in [0.29, 0.717) is 18.0 Å². The van der Waals surface area contributed by atoms with E-state index in [9.17, 15) is 4.79 Å². The van der Waals surface area contributed by atoms with Gasteiger partial charge in [0.1, 0.15) is 12.0 Å². The van der Waals surface area contributed by atoms with E-state index in [-0.39, 0.29) is 23.5 Å². The summed E-state index contributed by atoms with van der Waals surface area (Å²) in [6.45, 7) is 9.76. The molecule has 29 heavy (non-hydrogen) atoms. The fraction of sp³-hybridized carbons (Fsp3) is 0.714. The van der Waals surface area contributed by atoms with Crippen molar-refractivity contribution in [1.29, 1.82) is 0 Å². The van der Waals surface area contributed by atoms with Gasteiger partial charge in [-0.15, -0.1) is 0 Å². The number of carbonyl (C=O) groups excluding carboxylic acids is 1. The van der Waals surface area contributed by atoms with Gasteiger partial charge in [0, 0.05) is 24.6 Å². The van der Waals surface area contributed by atoms with Gasteiger partial charge in [0.2, 0.25) is 0 Å². The van der Waals surface area contributed by atoms with E-state index in [0.717, 1.165) is 51.1 Å². The van der Waals surface area contributed by atoms with Crippen molar-refractivity contribution in [3.63, 3.8) is 0 Å². The number of amides is 1. The Balaban J connectivity index is 1.67. The number of carbonyl (C=O) groups is 1. The second-order valence-corrected chi connectivity index (χ2v) is 9.38. The van der Waals surface area contributed by atoms with Gasteiger partial charge in [-0.25, -0.2) is 9.50 Å². The molecular formula is C21H32N6O2. The van der Waals surface area contributed by atoms with E-state index in [1.54, 1.807) is 4.52 Å². The van der Waals surface area contributed by atoms with Crippen molar-refractivity contribution in [3.8, 4) is 0 Å². The Hall–Kier alpha value is -2.06. The zero-order valence-corrected chi connectivity index (χ0v) is 18.0. The predicted molar refractivity (Wildman–Crippen MR) is 110 cm³/mol. The summed E-state index contributed by atoms with van der Waals surface area (Å²) >= 11 is 0. The highest BCUT2D eigenvalue weighted by atomic mass is 16.5. The normalized spacial score (nSPS) is 21.7. The average Bonchev–Trinajstić information content (AvgIpc) is 3.36. The monoisotopic (exact) mass is 400 g/mol. The fourth-order valence-corrected chi connectivity index (χ4v) is 4.32.